The van der Waals surface area contributed by atoms with Crippen LogP contribution in [0.3, 0.4) is 0 Å². The maximum absolute atomic E-state index is 13.7. The molecule has 178 valence electrons. The molecule has 11 heteroatoms. The summed E-state index contributed by atoms with van der Waals surface area (Å²) in [6.07, 6.45) is -4.75. The molecule has 0 atom stereocenters. The minimum atomic E-state index is -4.75. The number of carboxylic acids is 1. The predicted octanol–water partition coefficient (Wildman–Crippen LogP) is 6.52. The lowest BCUT2D eigenvalue weighted by molar-refractivity contribution is -0.166. The van der Waals surface area contributed by atoms with Gasteiger partial charge in [-0.2, -0.15) is 22.0 Å². The van der Waals surface area contributed by atoms with Crippen LogP contribution in [0.4, 0.5) is 32.4 Å². The molecular formula is C23H16ClF5N2O3. The van der Waals surface area contributed by atoms with E-state index >= 15 is 0 Å². The third-order valence-corrected chi connectivity index (χ3v) is 5.05. The zero-order chi connectivity index (χ0) is 25.1. The van der Waals surface area contributed by atoms with Crippen LogP contribution in [0, 0.1) is 0 Å². The largest absolute Gasteiger partial charge is 0.477 e. The fraction of sp³-hybridized carbons (Fsp3) is 0.130. The number of alkyl halides is 5. The molecule has 0 aliphatic heterocycles. The van der Waals surface area contributed by atoms with Gasteiger partial charge in [0.05, 0.1) is 10.6 Å². The van der Waals surface area contributed by atoms with E-state index in [1.165, 1.54) is 30.3 Å². The standard InChI is InChI=1S/C23H16ClF5N2O3/c24-18-11-16(10-17(23(27,28)29)19(18)14-4-2-1-3-5-14)31-21(34)30-12-13-6-8-15(9-7-13)22(25,26)20(32)33/h1-11H,12H2,(H,32,33)(H2,30,31,34). The molecule has 0 heterocycles. The molecule has 3 rings (SSSR count). The first-order valence-corrected chi connectivity index (χ1v) is 9.99. The summed E-state index contributed by atoms with van der Waals surface area (Å²) in [5.41, 5.74) is -1.58. The number of rotatable bonds is 6. The van der Waals surface area contributed by atoms with E-state index in [2.05, 4.69) is 10.6 Å². The Morgan fingerprint density at radius 3 is 2.09 bits per heavy atom. The zero-order valence-electron chi connectivity index (χ0n) is 17.1. The second-order valence-electron chi connectivity index (χ2n) is 7.13. The summed E-state index contributed by atoms with van der Waals surface area (Å²) in [7, 11) is 0. The van der Waals surface area contributed by atoms with Gasteiger partial charge in [-0.25, -0.2) is 9.59 Å². The highest BCUT2D eigenvalue weighted by atomic mass is 35.5. The van der Waals surface area contributed by atoms with Gasteiger partial charge in [0, 0.05) is 23.4 Å². The normalized spacial score (nSPS) is 11.7. The van der Waals surface area contributed by atoms with E-state index in [9.17, 15) is 31.5 Å². The van der Waals surface area contributed by atoms with Crippen LogP contribution >= 0.6 is 11.6 Å². The van der Waals surface area contributed by atoms with Gasteiger partial charge in [0.1, 0.15) is 0 Å². The topological polar surface area (TPSA) is 78.4 Å². The van der Waals surface area contributed by atoms with E-state index in [1.807, 2.05) is 0 Å². The summed E-state index contributed by atoms with van der Waals surface area (Å²) in [6, 6.07) is 13.0. The molecule has 0 spiro atoms. The van der Waals surface area contributed by atoms with Crippen molar-refractivity contribution in [2.75, 3.05) is 5.32 Å². The monoisotopic (exact) mass is 498 g/mol. The number of carbonyl (C=O) groups is 2. The summed E-state index contributed by atoms with van der Waals surface area (Å²) in [4.78, 5) is 22.8. The Kier molecular flexibility index (Phi) is 7.11. The van der Waals surface area contributed by atoms with Gasteiger partial charge in [-0.1, -0.05) is 66.2 Å². The molecule has 0 fully saturated rings. The highest BCUT2D eigenvalue weighted by molar-refractivity contribution is 6.34. The number of hydrogen-bond donors (Lipinski definition) is 3. The van der Waals surface area contributed by atoms with Gasteiger partial charge < -0.3 is 15.7 Å². The lowest BCUT2D eigenvalue weighted by Crippen LogP contribution is -2.28. The fourth-order valence-corrected chi connectivity index (χ4v) is 3.44. The Balaban J connectivity index is 1.74. The number of carbonyl (C=O) groups excluding carboxylic acids is 1. The quantitative estimate of drug-likeness (QED) is 0.338. The van der Waals surface area contributed by atoms with Crippen LogP contribution in [-0.4, -0.2) is 17.1 Å². The Labute approximate surface area is 195 Å². The first-order chi connectivity index (χ1) is 15.9. The molecule has 0 aromatic heterocycles. The number of carboxylic acid groups (broad SMARTS) is 1. The van der Waals surface area contributed by atoms with Gasteiger partial charge in [0.2, 0.25) is 0 Å². The van der Waals surface area contributed by atoms with Crippen LogP contribution in [0.5, 0.6) is 0 Å². The first-order valence-electron chi connectivity index (χ1n) is 9.61. The maximum Gasteiger partial charge on any atom is 0.417 e. The zero-order valence-corrected chi connectivity index (χ0v) is 17.8. The smallest absolute Gasteiger partial charge is 0.417 e. The average molecular weight is 499 g/mol. The lowest BCUT2D eigenvalue weighted by Gasteiger charge is -2.17. The summed E-state index contributed by atoms with van der Waals surface area (Å²) >= 11 is 6.13. The first kappa shape index (κ1) is 25.0. The highest BCUT2D eigenvalue weighted by Gasteiger charge is 2.40. The summed E-state index contributed by atoms with van der Waals surface area (Å²) in [6.45, 7) is -0.160. The van der Waals surface area contributed by atoms with Crippen molar-refractivity contribution in [2.24, 2.45) is 0 Å². The molecule has 0 unspecified atom stereocenters. The summed E-state index contributed by atoms with van der Waals surface area (Å²) < 4.78 is 68.0. The number of anilines is 1. The molecule has 3 N–H and O–H groups in total. The van der Waals surface area contributed by atoms with Crippen molar-refractivity contribution in [3.8, 4) is 11.1 Å². The predicted molar refractivity (Wildman–Crippen MR) is 116 cm³/mol. The van der Waals surface area contributed by atoms with Gasteiger partial charge in [0.15, 0.2) is 0 Å². The SMILES string of the molecule is O=C(NCc1ccc(C(F)(F)C(=O)O)cc1)Nc1cc(Cl)c(-c2ccccc2)c(C(F)(F)F)c1. The van der Waals surface area contributed by atoms with Crippen LogP contribution < -0.4 is 10.6 Å². The second-order valence-corrected chi connectivity index (χ2v) is 7.54. The number of aliphatic carboxylic acids is 1. The molecule has 3 aromatic carbocycles. The number of halogens is 6. The van der Waals surface area contributed by atoms with Crippen molar-refractivity contribution in [1.29, 1.82) is 0 Å². The number of nitrogens with one attached hydrogen (secondary N) is 2. The van der Waals surface area contributed by atoms with Crippen LogP contribution in [0.25, 0.3) is 11.1 Å². The molecule has 0 aliphatic rings. The Morgan fingerprint density at radius 1 is 0.912 bits per heavy atom. The second kappa shape index (κ2) is 9.68. The van der Waals surface area contributed by atoms with Gasteiger partial charge in [-0.15, -0.1) is 0 Å². The minimum Gasteiger partial charge on any atom is -0.477 e. The molecular weight excluding hydrogens is 483 g/mol. The van der Waals surface area contributed by atoms with E-state index in [-0.39, 0.29) is 28.4 Å². The van der Waals surface area contributed by atoms with E-state index < -0.39 is 35.2 Å². The Hall–Kier alpha value is -3.66. The number of urea groups is 1. The molecule has 0 aliphatic carbocycles. The fourth-order valence-electron chi connectivity index (χ4n) is 3.11. The Morgan fingerprint density at radius 2 is 1.53 bits per heavy atom. The van der Waals surface area contributed by atoms with Gasteiger partial charge in [-0.05, 0) is 23.3 Å². The number of benzene rings is 3. The van der Waals surface area contributed by atoms with Crippen molar-refractivity contribution in [1.82, 2.24) is 5.32 Å². The molecule has 0 radical (unpaired) electrons. The van der Waals surface area contributed by atoms with E-state index in [0.29, 0.717) is 5.56 Å². The van der Waals surface area contributed by atoms with Crippen LogP contribution in [-0.2, 0) is 23.4 Å². The maximum atomic E-state index is 13.7. The van der Waals surface area contributed by atoms with Crippen molar-refractivity contribution in [2.45, 2.75) is 18.6 Å². The van der Waals surface area contributed by atoms with Crippen molar-refractivity contribution >= 4 is 29.3 Å². The Bertz CT molecular complexity index is 1200. The van der Waals surface area contributed by atoms with Crippen LogP contribution in [0.1, 0.15) is 16.7 Å². The summed E-state index contributed by atoms with van der Waals surface area (Å²) in [5, 5.41) is 13.0. The van der Waals surface area contributed by atoms with Gasteiger partial charge in [0.25, 0.3) is 0 Å². The third kappa shape index (κ3) is 5.63. The van der Waals surface area contributed by atoms with Gasteiger partial charge >= 0.3 is 24.1 Å². The van der Waals surface area contributed by atoms with Crippen molar-refractivity contribution < 1.29 is 36.6 Å². The molecule has 0 saturated carbocycles. The number of amides is 2. The molecule has 0 saturated heterocycles. The lowest BCUT2D eigenvalue weighted by atomic mass is 9.98. The van der Waals surface area contributed by atoms with Gasteiger partial charge in [-0.3, -0.25) is 0 Å². The van der Waals surface area contributed by atoms with Crippen molar-refractivity contribution in [3.05, 3.63) is 88.4 Å². The molecule has 3 aromatic rings. The van der Waals surface area contributed by atoms with E-state index in [4.69, 9.17) is 16.7 Å². The number of hydrogen-bond acceptors (Lipinski definition) is 2. The molecule has 34 heavy (non-hydrogen) atoms. The molecule has 2 amide bonds. The average Bonchev–Trinajstić information content (AvgIpc) is 2.77. The van der Waals surface area contributed by atoms with Crippen molar-refractivity contribution in [3.63, 3.8) is 0 Å². The minimum absolute atomic E-state index is 0.160. The van der Waals surface area contributed by atoms with Crippen LogP contribution in [0.2, 0.25) is 5.02 Å². The van der Waals surface area contributed by atoms with E-state index in [1.54, 1.807) is 18.2 Å². The third-order valence-electron chi connectivity index (χ3n) is 4.75. The summed E-state index contributed by atoms with van der Waals surface area (Å²) in [5.74, 6) is -6.36. The highest BCUT2D eigenvalue weighted by Crippen LogP contribution is 2.42. The molecule has 0 bridgehead atoms. The van der Waals surface area contributed by atoms with Crippen LogP contribution in [0.15, 0.2) is 66.7 Å². The van der Waals surface area contributed by atoms with E-state index in [0.717, 1.165) is 18.2 Å². The molecule has 5 nitrogen and oxygen atoms in total.